The average Bonchev–Trinajstić information content (AvgIpc) is 2.98. The molecule has 0 saturated carbocycles. The largest absolute Gasteiger partial charge is 0.478 e. The number of hydrogen-bond acceptors (Lipinski definition) is 6. The zero-order valence-corrected chi connectivity index (χ0v) is 25.2. The van der Waals surface area contributed by atoms with E-state index in [0.29, 0.717) is 13.0 Å². The van der Waals surface area contributed by atoms with Crippen molar-refractivity contribution >= 4 is 35.0 Å². The van der Waals surface area contributed by atoms with Gasteiger partial charge in [-0.05, 0) is 60.5 Å². The number of rotatable bonds is 9. The van der Waals surface area contributed by atoms with E-state index in [1.165, 1.54) is 5.32 Å². The third kappa shape index (κ3) is 6.76. The third-order valence-electron chi connectivity index (χ3n) is 7.61. The van der Waals surface area contributed by atoms with Crippen LogP contribution in [0.4, 0.5) is 64.1 Å². The van der Waals surface area contributed by atoms with Crippen molar-refractivity contribution in [1.29, 1.82) is 0 Å². The molecule has 0 radical (unpaired) electrons. The Labute approximate surface area is 276 Å². The standard InChI is InChI=1S/C30H20F12N2O7/c1-12(45)18-9-13(3-6-16(18)23(47)48)25(27(31,32)33,28(34,35)36)14-4-7-17(24(49)50)19(10-14)22(46)44-21-8-5-15(43-2)11-20(21)26(51,29(37,38)39)30(40,41)42/h3-11,43,51H,1-2H3,(H,44,46)(H,47,48)(H,49,50). The quantitative estimate of drug-likeness (QED) is 0.113. The number of carbonyl (C=O) groups excluding carboxylic acids is 2. The number of anilines is 2. The average molecular weight is 748 g/mol. The van der Waals surface area contributed by atoms with E-state index >= 15 is 0 Å². The Morgan fingerprint density at radius 1 is 0.588 bits per heavy atom. The van der Waals surface area contributed by atoms with Crippen LogP contribution in [0.5, 0.6) is 0 Å². The summed E-state index contributed by atoms with van der Waals surface area (Å²) >= 11 is 0. The van der Waals surface area contributed by atoms with Crippen LogP contribution in [0.3, 0.4) is 0 Å². The molecule has 0 aromatic heterocycles. The van der Waals surface area contributed by atoms with E-state index in [1.54, 1.807) is 0 Å². The van der Waals surface area contributed by atoms with E-state index in [0.717, 1.165) is 13.1 Å². The predicted octanol–water partition coefficient (Wildman–Crippen LogP) is 7.30. The summed E-state index contributed by atoms with van der Waals surface area (Å²) in [7, 11) is 1.02. The molecule has 0 aliphatic rings. The van der Waals surface area contributed by atoms with Crippen molar-refractivity contribution < 1.29 is 87.2 Å². The van der Waals surface area contributed by atoms with Crippen molar-refractivity contribution in [3.8, 4) is 0 Å². The molecule has 0 bridgehead atoms. The van der Waals surface area contributed by atoms with Gasteiger partial charge in [0.2, 0.25) is 5.41 Å². The van der Waals surface area contributed by atoms with Crippen LogP contribution in [0, 0.1) is 0 Å². The fourth-order valence-corrected chi connectivity index (χ4v) is 5.15. The van der Waals surface area contributed by atoms with Gasteiger partial charge in [-0.1, -0.05) is 12.1 Å². The van der Waals surface area contributed by atoms with Gasteiger partial charge in [0, 0.05) is 29.5 Å². The fourth-order valence-electron chi connectivity index (χ4n) is 5.15. The minimum absolute atomic E-state index is 0.0394. The predicted molar refractivity (Wildman–Crippen MR) is 150 cm³/mol. The molecule has 0 heterocycles. The first kappa shape index (κ1) is 40.1. The van der Waals surface area contributed by atoms with Gasteiger partial charge in [-0.2, -0.15) is 52.7 Å². The van der Waals surface area contributed by atoms with Crippen molar-refractivity contribution in [2.45, 2.75) is 42.6 Å². The molecular weight excluding hydrogens is 728 g/mol. The number of nitrogens with one attached hydrogen (secondary N) is 2. The highest BCUT2D eigenvalue weighted by molar-refractivity contribution is 6.11. The van der Waals surface area contributed by atoms with E-state index in [9.17, 15) is 87.2 Å². The van der Waals surface area contributed by atoms with Crippen molar-refractivity contribution in [2.75, 3.05) is 17.7 Å². The summed E-state index contributed by atoms with van der Waals surface area (Å²) in [6.45, 7) is 0.620. The number of amides is 1. The lowest BCUT2D eigenvalue weighted by molar-refractivity contribution is -0.376. The van der Waals surface area contributed by atoms with Gasteiger partial charge in [0.1, 0.15) is 0 Å². The molecule has 0 unspecified atom stereocenters. The second-order valence-electron chi connectivity index (χ2n) is 10.6. The Morgan fingerprint density at radius 3 is 1.39 bits per heavy atom. The summed E-state index contributed by atoms with van der Waals surface area (Å²) in [6.07, 6.45) is -26.1. The molecule has 21 heteroatoms. The summed E-state index contributed by atoms with van der Waals surface area (Å²) in [4.78, 5) is 48.9. The highest BCUT2D eigenvalue weighted by Gasteiger charge is 2.73. The lowest BCUT2D eigenvalue weighted by Crippen LogP contribution is -2.55. The van der Waals surface area contributed by atoms with Gasteiger partial charge in [0.25, 0.3) is 11.5 Å². The monoisotopic (exact) mass is 748 g/mol. The number of alkyl halides is 12. The molecule has 5 N–H and O–H groups in total. The first-order chi connectivity index (χ1) is 23.1. The highest BCUT2D eigenvalue weighted by atomic mass is 19.4. The molecule has 0 spiro atoms. The maximum Gasteiger partial charge on any atom is 0.430 e. The van der Waals surface area contributed by atoms with Crippen LogP contribution in [-0.2, 0) is 11.0 Å². The number of carbonyl (C=O) groups is 4. The molecule has 0 aliphatic carbocycles. The number of hydrogen-bond donors (Lipinski definition) is 5. The van der Waals surface area contributed by atoms with E-state index < -0.39 is 110 Å². The van der Waals surface area contributed by atoms with Gasteiger partial charge in [-0.25, -0.2) is 9.59 Å². The van der Waals surface area contributed by atoms with Gasteiger partial charge in [-0.15, -0.1) is 0 Å². The summed E-state index contributed by atoms with van der Waals surface area (Å²) < 4.78 is 172. The van der Waals surface area contributed by atoms with Crippen LogP contribution >= 0.6 is 0 Å². The van der Waals surface area contributed by atoms with Crippen LogP contribution in [0.25, 0.3) is 0 Å². The number of aromatic carboxylic acids is 2. The third-order valence-corrected chi connectivity index (χ3v) is 7.61. The molecule has 0 fully saturated rings. The van der Waals surface area contributed by atoms with E-state index in [1.807, 2.05) is 0 Å². The smallest absolute Gasteiger partial charge is 0.430 e. The van der Waals surface area contributed by atoms with Gasteiger partial charge in [0.15, 0.2) is 5.78 Å². The molecule has 3 aromatic rings. The number of Topliss-reactive ketones (excluding diaryl/α,β-unsaturated/α-hetero) is 1. The molecule has 51 heavy (non-hydrogen) atoms. The zero-order valence-electron chi connectivity index (χ0n) is 25.2. The van der Waals surface area contributed by atoms with Crippen LogP contribution in [-0.4, -0.2) is 70.7 Å². The van der Waals surface area contributed by atoms with Gasteiger partial charge in [-0.3, -0.25) is 9.59 Å². The SMILES string of the molecule is CNc1ccc(NC(=O)c2cc(C(c3ccc(C(=O)O)c(C(C)=O)c3)(C(F)(F)F)C(F)(F)F)ccc2C(=O)O)c(C(O)(C(F)(F)F)C(F)(F)F)c1. The second-order valence-corrected chi connectivity index (χ2v) is 10.6. The Balaban J connectivity index is 2.44. The van der Waals surface area contributed by atoms with Gasteiger partial charge < -0.3 is 26.0 Å². The highest BCUT2D eigenvalue weighted by Crippen LogP contribution is 2.57. The summed E-state index contributed by atoms with van der Waals surface area (Å²) in [5.41, 5.74) is -24.3. The van der Waals surface area contributed by atoms with E-state index in [2.05, 4.69) is 5.32 Å². The first-order valence-electron chi connectivity index (χ1n) is 13.5. The van der Waals surface area contributed by atoms with E-state index in [-0.39, 0.29) is 42.5 Å². The molecule has 3 aromatic carbocycles. The minimum Gasteiger partial charge on any atom is -0.478 e. The lowest BCUT2D eigenvalue weighted by atomic mass is 9.71. The number of carboxylic acid groups (broad SMARTS) is 2. The van der Waals surface area contributed by atoms with Gasteiger partial charge in [0.05, 0.1) is 16.7 Å². The van der Waals surface area contributed by atoms with Crippen molar-refractivity contribution in [3.05, 3.63) is 93.5 Å². The normalized spacial score (nSPS) is 13.1. The molecule has 3 rings (SSSR count). The molecular formula is C30H20F12N2O7. The lowest BCUT2D eigenvalue weighted by Gasteiger charge is -2.38. The van der Waals surface area contributed by atoms with Crippen molar-refractivity contribution in [2.24, 2.45) is 0 Å². The summed E-state index contributed by atoms with van der Waals surface area (Å²) in [5, 5.41) is 32.5. The van der Waals surface area contributed by atoms with Gasteiger partial charge >= 0.3 is 36.6 Å². The van der Waals surface area contributed by atoms with Crippen LogP contribution < -0.4 is 10.6 Å². The number of halogens is 12. The van der Waals surface area contributed by atoms with Crippen molar-refractivity contribution in [1.82, 2.24) is 0 Å². The number of ketones is 1. The zero-order chi connectivity index (χ0) is 39.3. The van der Waals surface area contributed by atoms with Crippen LogP contribution in [0.2, 0.25) is 0 Å². The first-order valence-corrected chi connectivity index (χ1v) is 13.5. The van der Waals surface area contributed by atoms with Crippen LogP contribution in [0.1, 0.15) is 65.0 Å². The van der Waals surface area contributed by atoms with Crippen molar-refractivity contribution in [3.63, 3.8) is 0 Å². The topological polar surface area (TPSA) is 153 Å². The number of benzene rings is 3. The maximum atomic E-state index is 14.9. The molecule has 1 amide bonds. The summed E-state index contributed by atoms with van der Waals surface area (Å²) in [5.74, 6) is -7.59. The molecule has 9 nitrogen and oxygen atoms in total. The second kappa shape index (κ2) is 13.1. The Hall–Kier alpha value is -5.34. The molecule has 276 valence electrons. The minimum atomic E-state index is -6.56. The summed E-state index contributed by atoms with van der Waals surface area (Å²) in [6, 6.07) is 1.13. The Kier molecular flexibility index (Phi) is 10.3. The molecule has 0 atom stereocenters. The van der Waals surface area contributed by atoms with Crippen LogP contribution in [0.15, 0.2) is 54.6 Å². The Morgan fingerprint density at radius 2 is 1.02 bits per heavy atom. The Bertz CT molecular complexity index is 1870. The van der Waals surface area contributed by atoms with E-state index in [4.69, 9.17) is 0 Å². The molecule has 0 aliphatic heterocycles. The number of aliphatic hydroxyl groups is 1. The molecule has 0 saturated heterocycles. The maximum absolute atomic E-state index is 14.9. The number of carboxylic acids is 2. The fraction of sp³-hybridized carbons (Fsp3) is 0.267.